The summed E-state index contributed by atoms with van der Waals surface area (Å²) in [6.07, 6.45) is 6.13. The Hall–Kier alpha value is -2.95. The van der Waals surface area contributed by atoms with Gasteiger partial charge in [0.1, 0.15) is 0 Å². The summed E-state index contributed by atoms with van der Waals surface area (Å²) in [5, 5.41) is 6.82. The number of carbonyl (C=O) groups is 1. The van der Waals surface area contributed by atoms with Crippen LogP contribution in [-0.2, 0) is 6.42 Å². The van der Waals surface area contributed by atoms with Crippen LogP contribution < -0.4 is 27.0 Å². The van der Waals surface area contributed by atoms with Crippen molar-refractivity contribution in [2.24, 2.45) is 11.5 Å². The van der Waals surface area contributed by atoms with Gasteiger partial charge in [0.25, 0.3) is 5.91 Å². The molecule has 212 valence electrons. The second-order valence-corrected chi connectivity index (χ2v) is 11.5. The molecule has 1 aliphatic carbocycles. The molecular weight excluding hydrogens is 490 g/mol. The van der Waals surface area contributed by atoms with E-state index in [1.165, 1.54) is 50.3 Å². The van der Waals surface area contributed by atoms with Crippen molar-refractivity contribution in [3.8, 4) is 0 Å². The predicted molar refractivity (Wildman–Crippen MR) is 158 cm³/mol. The van der Waals surface area contributed by atoms with E-state index >= 15 is 0 Å². The fourth-order valence-electron chi connectivity index (χ4n) is 6.32. The molecule has 2 aliphatic heterocycles. The van der Waals surface area contributed by atoms with Crippen LogP contribution in [0.3, 0.4) is 0 Å². The number of benzene rings is 1. The van der Waals surface area contributed by atoms with E-state index in [1.54, 1.807) is 0 Å². The lowest BCUT2D eigenvalue weighted by Gasteiger charge is -2.43. The zero-order chi connectivity index (χ0) is 27.5. The van der Waals surface area contributed by atoms with Crippen molar-refractivity contribution >= 4 is 28.9 Å². The molecule has 1 aromatic heterocycles. The molecule has 10 nitrogen and oxygen atoms in total. The number of amides is 1. The molecule has 1 aromatic carbocycles. The number of anilines is 4. The first kappa shape index (κ1) is 27.6. The predicted octanol–water partition coefficient (Wildman–Crippen LogP) is 2.70. The molecule has 2 saturated heterocycles. The zero-order valence-corrected chi connectivity index (χ0v) is 23.7. The molecule has 6 N–H and O–H groups in total. The summed E-state index contributed by atoms with van der Waals surface area (Å²) in [6.45, 7) is 11.0. The van der Waals surface area contributed by atoms with Gasteiger partial charge >= 0.3 is 0 Å². The van der Waals surface area contributed by atoms with Crippen LogP contribution in [0.25, 0.3) is 0 Å². The van der Waals surface area contributed by atoms with Gasteiger partial charge in [-0.2, -0.15) is 0 Å². The van der Waals surface area contributed by atoms with Crippen LogP contribution in [0.5, 0.6) is 0 Å². The lowest BCUT2D eigenvalue weighted by atomic mass is 10.0. The van der Waals surface area contributed by atoms with Gasteiger partial charge in [0.2, 0.25) is 0 Å². The minimum Gasteiger partial charge on any atom is -0.371 e. The molecule has 0 bridgehead atoms. The van der Waals surface area contributed by atoms with Gasteiger partial charge in [-0.3, -0.25) is 9.69 Å². The maximum atomic E-state index is 12.3. The molecule has 2 aromatic rings. The minimum atomic E-state index is -0.597. The molecule has 0 radical (unpaired) electrons. The number of likely N-dealkylation sites (N-methyl/N-ethyl adjacent to an activating group) is 1. The Morgan fingerprint density at radius 1 is 1.03 bits per heavy atom. The van der Waals surface area contributed by atoms with E-state index in [-0.39, 0.29) is 17.8 Å². The summed E-state index contributed by atoms with van der Waals surface area (Å²) in [5.74, 6) is 0.443. The van der Waals surface area contributed by atoms with Crippen LogP contribution in [-0.4, -0.2) is 90.1 Å². The second-order valence-electron chi connectivity index (χ2n) is 11.5. The monoisotopic (exact) mass is 535 g/mol. The highest BCUT2D eigenvalue weighted by Gasteiger charge is 2.28. The lowest BCUT2D eigenvalue weighted by Crippen LogP contribution is -2.52. The molecule has 3 heterocycles. The van der Waals surface area contributed by atoms with Crippen molar-refractivity contribution in [3.63, 3.8) is 0 Å². The highest BCUT2D eigenvalue weighted by molar-refractivity contribution is 5.96. The summed E-state index contributed by atoms with van der Waals surface area (Å²) in [7, 11) is 2.21. The topological polar surface area (TPSA) is 129 Å². The average molecular weight is 536 g/mol. The van der Waals surface area contributed by atoms with Gasteiger partial charge in [-0.1, -0.05) is 6.92 Å². The molecule has 2 atom stereocenters. The molecule has 3 aliphatic rings. The van der Waals surface area contributed by atoms with Gasteiger partial charge < -0.3 is 31.9 Å². The number of aryl methyl sites for hydroxylation is 2. The molecule has 0 unspecified atom stereocenters. The first-order valence-electron chi connectivity index (χ1n) is 14.6. The first-order valence-corrected chi connectivity index (χ1v) is 14.6. The van der Waals surface area contributed by atoms with Gasteiger partial charge in [0, 0.05) is 68.8 Å². The fourth-order valence-corrected chi connectivity index (χ4v) is 6.32. The standard InChI is InChI=1S/C29H45N9O/c1-4-23-28(34-24-7-5-6-22(24)30)35-29(26(33-23)27(31)39)32-20-8-9-25(19(2)18-20)38-12-10-21(11-13-38)37-16-14-36(3)15-17-37/h8-9,18,21-22,24H,4-7,10-17,30H2,1-3H3,(H2,31,39)(H2,32,34,35)/t22-,24+/m1/s1. The number of nitrogens with two attached hydrogens (primary N) is 2. The van der Waals surface area contributed by atoms with E-state index in [0.717, 1.165) is 43.7 Å². The molecule has 1 saturated carbocycles. The number of piperidine rings is 1. The van der Waals surface area contributed by atoms with Crippen molar-refractivity contribution in [3.05, 3.63) is 35.2 Å². The van der Waals surface area contributed by atoms with Crippen molar-refractivity contribution in [1.82, 2.24) is 19.8 Å². The SMILES string of the molecule is CCc1nc(C(N)=O)c(Nc2ccc(N3CCC(N4CCN(C)CC4)CC3)c(C)c2)nc1N[C@H]1CCC[C@H]1N. The Labute approximate surface area is 232 Å². The summed E-state index contributed by atoms with van der Waals surface area (Å²) in [4.78, 5) is 29.3. The fraction of sp³-hybridized carbons (Fsp3) is 0.621. The van der Waals surface area contributed by atoms with Crippen molar-refractivity contribution in [1.29, 1.82) is 0 Å². The third-order valence-corrected chi connectivity index (χ3v) is 8.75. The van der Waals surface area contributed by atoms with Crippen LogP contribution in [0.4, 0.5) is 23.0 Å². The Bertz CT molecular complexity index is 1160. The Morgan fingerprint density at radius 3 is 2.38 bits per heavy atom. The number of hydrogen-bond acceptors (Lipinski definition) is 9. The highest BCUT2D eigenvalue weighted by Crippen LogP contribution is 2.31. The summed E-state index contributed by atoms with van der Waals surface area (Å²) in [5.41, 5.74) is 16.2. The maximum absolute atomic E-state index is 12.3. The third kappa shape index (κ3) is 6.28. The van der Waals surface area contributed by atoms with E-state index in [2.05, 4.69) is 62.5 Å². The summed E-state index contributed by atoms with van der Waals surface area (Å²) < 4.78 is 0. The first-order chi connectivity index (χ1) is 18.8. The Morgan fingerprint density at radius 2 is 1.77 bits per heavy atom. The number of nitrogens with one attached hydrogen (secondary N) is 2. The molecule has 5 rings (SSSR count). The molecule has 3 fully saturated rings. The smallest absolute Gasteiger partial charge is 0.271 e. The summed E-state index contributed by atoms with van der Waals surface area (Å²) >= 11 is 0. The van der Waals surface area contributed by atoms with Gasteiger partial charge in [-0.15, -0.1) is 0 Å². The Kier molecular flexibility index (Phi) is 8.54. The second kappa shape index (κ2) is 12.1. The number of piperazine rings is 1. The van der Waals surface area contributed by atoms with E-state index in [0.29, 0.717) is 24.1 Å². The number of rotatable bonds is 8. The van der Waals surface area contributed by atoms with Crippen molar-refractivity contribution < 1.29 is 4.79 Å². The molecule has 39 heavy (non-hydrogen) atoms. The van der Waals surface area contributed by atoms with Crippen molar-refractivity contribution in [2.45, 2.75) is 70.5 Å². The largest absolute Gasteiger partial charge is 0.371 e. The Balaban J connectivity index is 1.29. The highest BCUT2D eigenvalue weighted by atomic mass is 16.1. The van der Waals surface area contributed by atoms with E-state index in [9.17, 15) is 4.79 Å². The van der Waals surface area contributed by atoms with Crippen LogP contribution in [0.1, 0.15) is 60.8 Å². The van der Waals surface area contributed by atoms with E-state index in [4.69, 9.17) is 16.5 Å². The molecule has 10 heteroatoms. The van der Waals surface area contributed by atoms with E-state index in [1.807, 2.05) is 6.92 Å². The number of aromatic nitrogens is 2. The van der Waals surface area contributed by atoms with Crippen LogP contribution >= 0.6 is 0 Å². The number of hydrogen-bond donors (Lipinski definition) is 4. The quantitative estimate of drug-likeness (QED) is 0.403. The third-order valence-electron chi connectivity index (χ3n) is 8.75. The normalized spacial score (nSPS) is 23.2. The number of carbonyl (C=O) groups excluding carboxylic acids is 1. The lowest BCUT2D eigenvalue weighted by molar-refractivity contribution is 0.0982. The van der Waals surface area contributed by atoms with Crippen LogP contribution in [0.2, 0.25) is 0 Å². The average Bonchev–Trinajstić information content (AvgIpc) is 3.33. The van der Waals surface area contributed by atoms with Crippen LogP contribution in [0.15, 0.2) is 18.2 Å². The van der Waals surface area contributed by atoms with Gasteiger partial charge in [-0.05, 0) is 76.3 Å². The number of nitrogens with zero attached hydrogens (tertiary/aromatic N) is 5. The van der Waals surface area contributed by atoms with Gasteiger partial charge in [-0.25, -0.2) is 9.97 Å². The molecular formula is C29H45N9O. The number of primary amides is 1. The molecule has 1 amide bonds. The van der Waals surface area contributed by atoms with Crippen molar-refractivity contribution in [2.75, 3.05) is 61.8 Å². The minimum absolute atomic E-state index is 0.0885. The maximum Gasteiger partial charge on any atom is 0.271 e. The zero-order valence-electron chi connectivity index (χ0n) is 23.7. The van der Waals surface area contributed by atoms with Crippen LogP contribution in [0, 0.1) is 6.92 Å². The summed E-state index contributed by atoms with van der Waals surface area (Å²) in [6, 6.07) is 7.26. The van der Waals surface area contributed by atoms with Gasteiger partial charge in [0.15, 0.2) is 17.3 Å². The van der Waals surface area contributed by atoms with E-state index < -0.39 is 5.91 Å². The molecule has 0 spiro atoms. The van der Waals surface area contributed by atoms with Gasteiger partial charge in [0.05, 0.1) is 5.69 Å².